The van der Waals surface area contributed by atoms with Crippen molar-refractivity contribution in [1.82, 2.24) is 10.2 Å². The zero-order valence-corrected chi connectivity index (χ0v) is 11.5. The van der Waals surface area contributed by atoms with E-state index in [1.165, 1.54) is 58.2 Å². The number of nitrogens with zero attached hydrogens (tertiary/aromatic N) is 1. The van der Waals surface area contributed by atoms with Crippen molar-refractivity contribution in [3.63, 3.8) is 0 Å². The summed E-state index contributed by atoms with van der Waals surface area (Å²) in [6.45, 7) is 8.58. The lowest BCUT2D eigenvalue weighted by Crippen LogP contribution is -2.43. The Labute approximate surface area is 102 Å². The molecule has 96 valence electrons. The van der Waals surface area contributed by atoms with E-state index in [-0.39, 0.29) is 0 Å². The predicted octanol–water partition coefficient (Wildman–Crippen LogP) is 2.89. The number of nitrogens with one attached hydrogen (secondary N) is 1. The average Bonchev–Trinajstić information content (AvgIpc) is 2.34. The molecule has 2 nitrogen and oxygen atoms in total. The van der Waals surface area contributed by atoms with Crippen LogP contribution in [0.4, 0.5) is 0 Å². The van der Waals surface area contributed by atoms with Crippen molar-refractivity contribution < 1.29 is 0 Å². The van der Waals surface area contributed by atoms with Gasteiger partial charge in [0, 0.05) is 12.6 Å². The Morgan fingerprint density at radius 1 is 1.31 bits per heavy atom. The third kappa shape index (κ3) is 4.84. The van der Waals surface area contributed by atoms with Gasteiger partial charge in [-0.05, 0) is 52.2 Å². The first kappa shape index (κ1) is 14.0. The minimum atomic E-state index is 0.679. The number of piperidine rings is 1. The van der Waals surface area contributed by atoms with Gasteiger partial charge >= 0.3 is 0 Å². The van der Waals surface area contributed by atoms with Gasteiger partial charge < -0.3 is 10.2 Å². The molecule has 0 aliphatic carbocycles. The van der Waals surface area contributed by atoms with Crippen molar-refractivity contribution in [2.75, 3.05) is 26.7 Å². The lowest BCUT2D eigenvalue weighted by Gasteiger charge is -2.35. The van der Waals surface area contributed by atoms with Crippen molar-refractivity contribution in [3.8, 4) is 0 Å². The van der Waals surface area contributed by atoms with E-state index in [1.54, 1.807) is 0 Å². The minimum absolute atomic E-state index is 0.679. The zero-order valence-electron chi connectivity index (χ0n) is 11.5. The van der Waals surface area contributed by atoms with Crippen LogP contribution in [0.1, 0.15) is 52.4 Å². The maximum atomic E-state index is 3.40. The fraction of sp³-hybridized carbons (Fsp3) is 1.00. The first-order valence-electron chi connectivity index (χ1n) is 7.17. The van der Waals surface area contributed by atoms with Crippen molar-refractivity contribution in [2.45, 2.75) is 58.4 Å². The van der Waals surface area contributed by atoms with Gasteiger partial charge in [-0.15, -0.1) is 0 Å². The van der Waals surface area contributed by atoms with Crippen molar-refractivity contribution in [3.05, 3.63) is 0 Å². The normalized spacial score (nSPS) is 24.6. The maximum absolute atomic E-state index is 3.40. The van der Waals surface area contributed by atoms with Gasteiger partial charge in [0.15, 0.2) is 0 Å². The molecule has 0 radical (unpaired) electrons. The molecular formula is C14H30N2. The third-order valence-corrected chi connectivity index (χ3v) is 4.03. The molecule has 1 saturated heterocycles. The molecule has 16 heavy (non-hydrogen) atoms. The van der Waals surface area contributed by atoms with Crippen molar-refractivity contribution in [2.24, 2.45) is 5.92 Å². The Hall–Kier alpha value is -0.0800. The highest BCUT2D eigenvalue weighted by Gasteiger charge is 2.23. The van der Waals surface area contributed by atoms with Gasteiger partial charge in [-0.1, -0.05) is 26.2 Å². The van der Waals surface area contributed by atoms with E-state index in [0.29, 0.717) is 6.04 Å². The van der Waals surface area contributed by atoms with Crippen LogP contribution in [-0.2, 0) is 0 Å². The topological polar surface area (TPSA) is 15.3 Å². The lowest BCUT2D eigenvalue weighted by atomic mass is 9.91. The Kier molecular flexibility index (Phi) is 7.06. The van der Waals surface area contributed by atoms with Gasteiger partial charge in [0.05, 0.1) is 0 Å². The van der Waals surface area contributed by atoms with Gasteiger partial charge in [0.1, 0.15) is 0 Å². The molecular weight excluding hydrogens is 196 g/mol. The van der Waals surface area contributed by atoms with Crippen LogP contribution < -0.4 is 5.32 Å². The average molecular weight is 226 g/mol. The quantitative estimate of drug-likeness (QED) is 0.672. The Balaban J connectivity index is 2.17. The summed E-state index contributed by atoms with van der Waals surface area (Å²) >= 11 is 0. The van der Waals surface area contributed by atoms with E-state index in [1.807, 2.05) is 0 Å². The van der Waals surface area contributed by atoms with Crippen LogP contribution in [0.5, 0.6) is 0 Å². The molecule has 0 amide bonds. The molecule has 0 aromatic carbocycles. The van der Waals surface area contributed by atoms with E-state index in [2.05, 4.69) is 31.1 Å². The summed E-state index contributed by atoms with van der Waals surface area (Å²) in [4.78, 5) is 2.68. The third-order valence-electron chi connectivity index (χ3n) is 4.03. The largest absolute Gasteiger partial charge is 0.317 e. The summed E-state index contributed by atoms with van der Waals surface area (Å²) in [5.41, 5.74) is 0. The maximum Gasteiger partial charge on any atom is 0.00762 e. The highest BCUT2D eigenvalue weighted by atomic mass is 15.1. The fourth-order valence-corrected chi connectivity index (χ4v) is 2.70. The second kappa shape index (κ2) is 8.08. The van der Waals surface area contributed by atoms with Gasteiger partial charge in [-0.25, -0.2) is 0 Å². The van der Waals surface area contributed by atoms with E-state index < -0.39 is 0 Å². The molecule has 0 aromatic heterocycles. The lowest BCUT2D eigenvalue weighted by molar-refractivity contribution is 0.151. The Morgan fingerprint density at radius 3 is 2.81 bits per heavy atom. The molecule has 1 fully saturated rings. The molecule has 1 N–H and O–H groups in total. The van der Waals surface area contributed by atoms with Crippen molar-refractivity contribution >= 4 is 0 Å². The molecule has 0 bridgehead atoms. The minimum Gasteiger partial charge on any atom is -0.317 e. The standard InChI is InChI=1S/C14H30N2/c1-4-5-6-7-10-16-11-8-9-14(12-16)13(2)15-3/h13-15H,4-12H2,1-3H3. The number of likely N-dealkylation sites (tertiary alicyclic amines) is 1. The molecule has 1 aliphatic heterocycles. The first-order valence-corrected chi connectivity index (χ1v) is 7.17. The first-order chi connectivity index (χ1) is 7.77. The fourth-order valence-electron chi connectivity index (χ4n) is 2.70. The highest BCUT2D eigenvalue weighted by molar-refractivity contribution is 4.79. The monoisotopic (exact) mass is 226 g/mol. The van der Waals surface area contributed by atoms with Crippen LogP contribution in [0.3, 0.4) is 0 Å². The zero-order chi connectivity index (χ0) is 11.8. The number of hydrogen-bond acceptors (Lipinski definition) is 2. The smallest absolute Gasteiger partial charge is 0.00762 e. The molecule has 0 spiro atoms. The molecule has 0 saturated carbocycles. The molecule has 2 unspecified atom stereocenters. The second-order valence-electron chi connectivity index (χ2n) is 5.34. The highest BCUT2D eigenvalue weighted by Crippen LogP contribution is 2.20. The van der Waals surface area contributed by atoms with Crippen LogP contribution >= 0.6 is 0 Å². The summed E-state index contributed by atoms with van der Waals surface area (Å²) in [5, 5.41) is 3.40. The van der Waals surface area contributed by atoms with E-state index in [9.17, 15) is 0 Å². The van der Waals surface area contributed by atoms with E-state index in [0.717, 1.165) is 5.92 Å². The Morgan fingerprint density at radius 2 is 2.12 bits per heavy atom. The summed E-state index contributed by atoms with van der Waals surface area (Å²) in [6, 6.07) is 0.679. The molecule has 1 rings (SSSR count). The SMILES string of the molecule is CCCCCCN1CCCC(C(C)NC)C1. The van der Waals surface area contributed by atoms with Crippen LogP contribution in [-0.4, -0.2) is 37.6 Å². The van der Waals surface area contributed by atoms with Crippen molar-refractivity contribution in [1.29, 1.82) is 0 Å². The van der Waals surface area contributed by atoms with Crippen LogP contribution in [0, 0.1) is 5.92 Å². The van der Waals surface area contributed by atoms with Crippen LogP contribution in [0.2, 0.25) is 0 Å². The molecule has 2 heteroatoms. The summed E-state index contributed by atoms with van der Waals surface area (Å²) in [6.07, 6.45) is 8.37. The Bertz CT molecular complexity index is 170. The second-order valence-corrected chi connectivity index (χ2v) is 5.34. The van der Waals surface area contributed by atoms with Gasteiger partial charge in [0.2, 0.25) is 0 Å². The van der Waals surface area contributed by atoms with Crippen LogP contribution in [0.25, 0.3) is 0 Å². The van der Waals surface area contributed by atoms with Gasteiger partial charge in [-0.2, -0.15) is 0 Å². The van der Waals surface area contributed by atoms with Crippen LogP contribution in [0.15, 0.2) is 0 Å². The summed E-state index contributed by atoms with van der Waals surface area (Å²) in [7, 11) is 2.09. The molecule has 2 atom stereocenters. The molecule has 0 aromatic rings. The summed E-state index contributed by atoms with van der Waals surface area (Å²) < 4.78 is 0. The predicted molar refractivity (Wildman–Crippen MR) is 71.8 cm³/mol. The summed E-state index contributed by atoms with van der Waals surface area (Å²) in [5.74, 6) is 0.866. The van der Waals surface area contributed by atoms with Gasteiger partial charge in [-0.3, -0.25) is 0 Å². The van der Waals surface area contributed by atoms with Gasteiger partial charge in [0.25, 0.3) is 0 Å². The number of unbranched alkanes of at least 4 members (excludes halogenated alkanes) is 3. The molecule has 1 heterocycles. The number of hydrogen-bond donors (Lipinski definition) is 1. The van der Waals surface area contributed by atoms with E-state index in [4.69, 9.17) is 0 Å². The molecule has 1 aliphatic rings. The van der Waals surface area contributed by atoms with E-state index >= 15 is 0 Å². The number of rotatable bonds is 7.